The molecular formula is C20H23N3O2. The molecule has 1 saturated carbocycles. The fourth-order valence-electron chi connectivity index (χ4n) is 2.65. The third-order valence-corrected chi connectivity index (χ3v) is 4.37. The topological polar surface area (TPSA) is 71.1 Å². The fraction of sp³-hybridized carbons (Fsp3) is 0.350. The Morgan fingerprint density at radius 1 is 1.20 bits per heavy atom. The van der Waals surface area contributed by atoms with Crippen LogP contribution in [0.4, 0.5) is 5.69 Å². The number of hydrogen-bond acceptors (Lipinski definition) is 3. The molecule has 2 amide bonds. The maximum atomic E-state index is 12.1. The lowest BCUT2D eigenvalue weighted by atomic mass is 10.1. The van der Waals surface area contributed by atoms with Gasteiger partial charge in [0, 0.05) is 30.4 Å². The fourth-order valence-corrected chi connectivity index (χ4v) is 2.65. The van der Waals surface area contributed by atoms with Crippen molar-refractivity contribution in [2.75, 3.05) is 5.32 Å². The van der Waals surface area contributed by atoms with Gasteiger partial charge in [0.25, 0.3) is 0 Å². The Bertz CT molecular complexity index is 724. The van der Waals surface area contributed by atoms with Gasteiger partial charge in [-0.15, -0.1) is 0 Å². The minimum atomic E-state index is -0.0745. The molecule has 0 radical (unpaired) electrons. The number of carbonyl (C=O) groups excluding carboxylic acids is 2. The van der Waals surface area contributed by atoms with Crippen molar-refractivity contribution in [3.8, 4) is 0 Å². The Balaban J connectivity index is 1.47. The van der Waals surface area contributed by atoms with Crippen LogP contribution in [0.3, 0.4) is 0 Å². The van der Waals surface area contributed by atoms with Crippen LogP contribution >= 0.6 is 0 Å². The lowest BCUT2D eigenvalue weighted by Gasteiger charge is -2.15. The molecule has 1 aromatic heterocycles. The molecule has 1 fully saturated rings. The van der Waals surface area contributed by atoms with Crippen LogP contribution < -0.4 is 10.6 Å². The van der Waals surface area contributed by atoms with E-state index in [1.54, 1.807) is 12.4 Å². The molecule has 5 heteroatoms. The van der Waals surface area contributed by atoms with E-state index in [0.29, 0.717) is 12.8 Å². The number of rotatable bonds is 7. The molecule has 1 atom stereocenters. The van der Waals surface area contributed by atoms with Crippen molar-refractivity contribution in [1.82, 2.24) is 10.3 Å². The van der Waals surface area contributed by atoms with E-state index in [1.165, 1.54) is 0 Å². The molecule has 2 N–H and O–H groups in total. The van der Waals surface area contributed by atoms with Gasteiger partial charge in [0.15, 0.2) is 0 Å². The van der Waals surface area contributed by atoms with Crippen LogP contribution in [0.1, 0.15) is 43.4 Å². The summed E-state index contributed by atoms with van der Waals surface area (Å²) in [6, 6.07) is 11.4. The second kappa shape index (κ2) is 7.92. The van der Waals surface area contributed by atoms with Crippen molar-refractivity contribution in [3.05, 3.63) is 59.9 Å². The number of aromatic nitrogens is 1. The Morgan fingerprint density at radius 2 is 1.96 bits per heavy atom. The van der Waals surface area contributed by atoms with Crippen LogP contribution in [-0.4, -0.2) is 16.8 Å². The number of nitrogens with one attached hydrogen (secondary N) is 2. The summed E-state index contributed by atoms with van der Waals surface area (Å²) in [5.74, 6) is 0.310. The highest BCUT2D eigenvalue weighted by molar-refractivity contribution is 5.94. The molecule has 1 aliphatic rings. The van der Waals surface area contributed by atoms with Crippen molar-refractivity contribution in [1.29, 1.82) is 0 Å². The molecule has 0 bridgehead atoms. The summed E-state index contributed by atoms with van der Waals surface area (Å²) < 4.78 is 0. The summed E-state index contributed by atoms with van der Waals surface area (Å²) in [5, 5.41) is 5.93. The highest BCUT2D eigenvalue weighted by Gasteiger charge is 2.29. The summed E-state index contributed by atoms with van der Waals surface area (Å²) >= 11 is 0. The first-order valence-corrected chi connectivity index (χ1v) is 8.71. The zero-order valence-corrected chi connectivity index (χ0v) is 14.4. The summed E-state index contributed by atoms with van der Waals surface area (Å²) in [5.41, 5.74) is 2.87. The van der Waals surface area contributed by atoms with Crippen LogP contribution in [-0.2, 0) is 16.0 Å². The lowest BCUT2D eigenvalue weighted by Crippen LogP contribution is -2.26. The van der Waals surface area contributed by atoms with Crippen molar-refractivity contribution >= 4 is 17.5 Å². The number of benzene rings is 1. The van der Waals surface area contributed by atoms with E-state index < -0.39 is 0 Å². The normalized spacial score (nSPS) is 14.6. The number of pyridine rings is 1. The largest absolute Gasteiger partial charge is 0.350 e. The van der Waals surface area contributed by atoms with E-state index in [1.807, 2.05) is 43.3 Å². The van der Waals surface area contributed by atoms with Crippen molar-refractivity contribution in [3.63, 3.8) is 0 Å². The van der Waals surface area contributed by atoms with Crippen LogP contribution in [0.5, 0.6) is 0 Å². The smallest absolute Gasteiger partial charge is 0.227 e. The summed E-state index contributed by atoms with van der Waals surface area (Å²) in [6.45, 7) is 1.96. The van der Waals surface area contributed by atoms with Crippen molar-refractivity contribution in [2.45, 2.75) is 38.6 Å². The molecule has 1 aliphatic carbocycles. The number of carbonyl (C=O) groups is 2. The molecule has 1 unspecified atom stereocenters. The molecule has 2 aromatic rings. The molecule has 3 rings (SSSR count). The van der Waals surface area contributed by atoms with Gasteiger partial charge < -0.3 is 10.6 Å². The van der Waals surface area contributed by atoms with Gasteiger partial charge >= 0.3 is 0 Å². The number of hydrogen-bond donors (Lipinski definition) is 2. The first kappa shape index (κ1) is 17.1. The van der Waals surface area contributed by atoms with E-state index in [2.05, 4.69) is 15.6 Å². The Morgan fingerprint density at radius 3 is 2.60 bits per heavy atom. The van der Waals surface area contributed by atoms with Crippen LogP contribution in [0.25, 0.3) is 0 Å². The summed E-state index contributed by atoms with van der Waals surface area (Å²) in [7, 11) is 0. The zero-order chi connectivity index (χ0) is 17.6. The monoisotopic (exact) mass is 337 g/mol. The van der Waals surface area contributed by atoms with Crippen LogP contribution in [0.2, 0.25) is 0 Å². The van der Waals surface area contributed by atoms with Gasteiger partial charge in [0.1, 0.15) is 0 Å². The number of amides is 2. The minimum Gasteiger partial charge on any atom is -0.350 e. The van der Waals surface area contributed by atoms with E-state index in [4.69, 9.17) is 0 Å². The molecule has 1 heterocycles. The molecule has 130 valence electrons. The third-order valence-electron chi connectivity index (χ3n) is 4.37. The average molecular weight is 337 g/mol. The zero-order valence-electron chi connectivity index (χ0n) is 14.4. The maximum absolute atomic E-state index is 12.1. The first-order valence-electron chi connectivity index (χ1n) is 8.71. The highest BCUT2D eigenvalue weighted by Crippen LogP contribution is 2.30. The molecule has 0 spiro atoms. The molecule has 0 saturated heterocycles. The molecule has 0 aliphatic heterocycles. The van der Waals surface area contributed by atoms with Gasteiger partial charge in [-0.05, 0) is 55.5 Å². The minimum absolute atomic E-state index is 0.0162. The van der Waals surface area contributed by atoms with E-state index in [9.17, 15) is 9.59 Å². The van der Waals surface area contributed by atoms with Crippen LogP contribution in [0.15, 0.2) is 48.8 Å². The molecule has 1 aromatic carbocycles. The Hall–Kier alpha value is -2.69. The van der Waals surface area contributed by atoms with E-state index >= 15 is 0 Å². The standard InChI is InChI=1S/C20H23N3O2/c1-14(22-19(24)11-4-15-3-2-12-21-13-15)16-7-9-18(10-8-16)23-20(25)17-5-6-17/h2-3,7-10,12-14,17H,4-6,11H2,1H3,(H,22,24)(H,23,25). The van der Waals surface area contributed by atoms with Gasteiger partial charge in [-0.1, -0.05) is 18.2 Å². The van der Waals surface area contributed by atoms with Crippen molar-refractivity contribution < 1.29 is 9.59 Å². The summed E-state index contributed by atoms with van der Waals surface area (Å²) in [4.78, 5) is 27.9. The van der Waals surface area contributed by atoms with Gasteiger partial charge in [-0.25, -0.2) is 0 Å². The quantitative estimate of drug-likeness (QED) is 0.815. The first-order chi connectivity index (χ1) is 12.1. The predicted molar refractivity (Wildman–Crippen MR) is 96.9 cm³/mol. The van der Waals surface area contributed by atoms with Gasteiger partial charge in [-0.2, -0.15) is 0 Å². The molecule has 5 nitrogen and oxygen atoms in total. The molecule has 25 heavy (non-hydrogen) atoms. The van der Waals surface area contributed by atoms with Gasteiger partial charge in [0.2, 0.25) is 11.8 Å². The number of nitrogens with zero attached hydrogens (tertiary/aromatic N) is 1. The van der Waals surface area contributed by atoms with Gasteiger partial charge in [-0.3, -0.25) is 14.6 Å². The number of anilines is 1. The van der Waals surface area contributed by atoms with Gasteiger partial charge in [0.05, 0.1) is 6.04 Å². The number of aryl methyl sites for hydroxylation is 1. The van der Waals surface area contributed by atoms with E-state index in [-0.39, 0.29) is 23.8 Å². The Labute approximate surface area is 147 Å². The lowest BCUT2D eigenvalue weighted by molar-refractivity contribution is -0.121. The average Bonchev–Trinajstić information content (AvgIpc) is 3.46. The maximum Gasteiger partial charge on any atom is 0.227 e. The third kappa shape index (κ3) is 5.14. The summed E-state index contributed by atoms with van der Waals surface area (Å²) in [6.07, 6.45) is 6.61. The molecular weight excluding hydrogens is 314 g/mol. The van der Waals surface area contributed by atoms with Crippen LogP contribution in [0, 0.1) is 5.92 Å². The Kier molecular flexibility index (Phi) is 5.43. The van der Waals surface area contributed by atoms with E-state index in [0.717, 1.165) is 29.7 Å². The second-order valence-corrected chi connectivity index (χ2v) is 6.54. The second-order valence-electron chi connectivity index (χ2n) is 6.54. The van der Waals surface area contributed by atoms with Crippen molar-refractivity contribution in [2.24, 2.45) is 5.92 Å². The predicted octanol–water partition coefficient (Wildman–Crippen LogP) is 3.24. The SMILES string of the molecule is CC(NC(=O)CCc1cccnc1)c1ccc(NC(=O)C2CC2)cc1. The highest BCUT2D eigenvalue weighted by atomic mass is 16.2.